The second-order valence-electron chi connectivity index (χ2n) is 5.52. The Morgan fingerprint density at radius 2 is 1.16 bits per heavy atom. The molecule has 0 spiro atoms. The molecule has 0 saturated heterocycles. The van der Waals surface area contributed by atoms with Crippen LogP contribution in [0.5, 0.6) is 0 Å². The molecule has 0 aromatic rings. The van der Waals surface area contributed by atoms with Crippen molar-refractivity contribution in [2.45, 2.75) is 104 Å². The van der Waals surface area contributed by atoms with Crippen molar-refractivity contribution in [1.29, 1.82) is 0 Å². The van der Waals surface area contributed by atoms with Crippen molar-refractivity contribution in [3.8, 4) is 11.8 Å². The molecule has 0 heteroatoms. The van der Waals surface area contributed by atoms with E-state index in [1.54, 1.807) is 0 Å². The highest BCUT2D eigenvalue weighted by molar-refractivity contribution is 4.98. The molecule has 0 bridgehead atoms. The van der Waals surface area contributed by atoms with E-state index in [0.29, 0.717) is 0 Å². The Kier molecular flexibility index (Phi) is 17.2. The van der Waals surface area contributed by atoms with Gasteiger partial charge in [0, 0.05) is 12.8 Å². The van der Waals surface area contributed by atoms with E-state index in [-0.39, 0.29) is 0 Å². The third kappa shape index (κ3) is 17.6. The fourth-order valence-electron chi connectivity index (χ4n) is 2.23. The van der Waals surface area contributed by atoms with E-state index in [1.807, 2.05) is 0 Å². The van der Waals surface area contributed by atoms with Crippen molar-refractivity contribution in [1.82, 2.24) is 0 Å². The van der Waals surface area contributed by atoms with Gasteiger partial charge in [0.25, 0.3) is 0 Å². The summed E-state index contributed by atoms with van der Waals surface area (Å²) in [5, 5.41) is 0. The molecule has 0 saturated carbocycles. The van der Waals surface area contributed by atoms with Gasteiger partial charge in [-0.25, -0.2) is 0 Å². The van der Waals surface area contributed by atoms with Gasteiger partial charge in [0.05, 0.1) is 0 Å². The number of unbranched alkanes of at least 4 members (excludes halogenated alkanes) is 13. The zero-order valence-corrected chi connectivity index (χ0v) is 13.5. The molecule has 0 aromatic carbocycles. The molecule has 1 radical (unpaired) electrons. The average Bonchev–Trinajstić information content (AvgIpc) is 2.43. The SMILES string of the molecule is CC[CH]CCCCCCC#CCCCCCCCC. The monoisotopic (exact) mass is 263 g/mol. The van der Waals surface area contributed by atoms with Crippen LogP contribution in [0.25, 0.3) is 0 Å². The second kappa shape index (κ2) is 17.6. The zero-order valence-electron chi connectivity index (χ0n) is 13.5. The van der Waals surface area contributed by atoms with Gasteiger partial charge in [0.1, 0.15) is 0 Å². The molecule has 0 N–H and O–H groups in total. The van der Waals surface area contributed by atoms with E-state index < -0.39 is 0 Å². The molecule has 19 heavy (non-hydrogen) atoms. The van der Waals surface area contributed by atoms with Crippen LogP contribution in [0.4, 0.5) is 0 Å². The lowest BCUT2D eigenvalue weighted by Gasteiger charge is -1.98. The molecule has 0 aliphatic rings. The number of hydrogen-bond donors (Lipinski definition) is 0. The van der Waals surface area contributed by atoms with E-state index in [1.165, 1.54) is 77.0 Å². The van der Waals surface area contributed by atoms with Crippen LogP contribution in [0.1, 0.15) is 104 Å². The lowest BCUT2D eigenvalue weighted by Crippen LogP contribution is -1.80. The van der Waals surface area contributed by atoms with Crippen LogP contribution in [0, 0.1) is 18.3 Å². The summed E-state index contributed by atoms with van der Waals surface area (Å²) >= 11 is 0. The summed E-state index contributed by atoms with van der Waals surface area (Å²) in [6.07, 6.45) is 20.8. The van der Waals surface area contributed by atoms with E-state index in [9.17, 15) is 0 Å². The minimum absolute atomic E-state index is 1.12. The lowest BCUT2D eigenvalue weighted by molar-refractivity contribution is 0.613. The van der Waals surface area contributed by atoms with E-state index in [4.69, 9.17) is 0 Å². The molecule has 0 aromatic heterocycles. The van der Waals surface area contributed by atoms with E-state index in [2.05, 4.69) is 32.1 Å². The first kappa shape index (κ1) is 18.6. The predicted molar refractivity (Wildman–Crippen MR) is 88.1 cm³/mol. The van der Waals surface area contributed by atoms with Crippen LogP contribution in [-0.2, 0) is 0 Å². The van der Waals surface area contributed by atoms with Crippen LogP contribution in [0.3, 0.4) is 0 Å². The summed E-state index contributed by atoms with van der Waals surface area (Å²) in [6, 6.07) is 0. The van der Waals surface area contributed by atoms with Crippen molar-refractivity contribution in [3.05, 3.63) is 6.42 Å². The summed E-state index contributed by atoms with van der Waals surface area (Å²) in [5.74, 6) is 6.66. The largest absolute Gasteiger partial charge is 0.103 e. The molecule has 0 unspecified atom stereocenters. The Morgan fingerprint density at radius 1 is 0.632 bits per heavy atom. The Bertz CT molecular complexity index is 206. The van der Waals surface area contributed by atoms with Gasteiger partial charge < -0.3 is 0 Å². The Balaban J connectivity index is 3.05. The molecule has 0 aliphatic carbocycles. The predicted octanol–water partition coefficient (Wildman–Crippen LogP) is 6.70. The minimum atomic E-state index is 1.12. The molecule has 0 nitrogen and oxygen atoms in total. The highest BCUT2D eigenvalue weighted by atomic mass is 14.0. The van der Waals surface area contributed by atoms with Gasteiger partial charge in [-0.05, 0) is 19.3 Å². The van der Waals surface area contributed by atoms with Gasteiger partial charge >= 0.3 is 0 Å². The van der Waals surface area contributed by atoms with Gasteiger partial charge in [-0.2, -0.15) is 0 Å². The quantitative estimate of drug-likeness (QED) is 0.256. The maximum absolute atomic E-state index is 3.33. The molecule has 0 heterocycles. The maximum Gasteiger partial charge on any atom is 0.00886 e. The average molecular weight is 263 g/mol. The van der Waals surface area contributed by atoms with Crippen molar-refractivity contribution >= 4 is 0 Å². The van der Waals surface area contributed by atoms with Gasteiger partial charge in [-0.1, -0.05) is 78.1 Å². The molecule has 0 atom stereocenters. The van der Waals surface area contributed by atoms with E-state index >= 15 is 0 Å². The van der Waals surface area contributed by atoms with Crippen LogP contribution >= 0.6 is 0 Å². The molecule has 0 rings (SSSR count). The first-order valence-corrected chi connectivity index (χ1v) is 8.69. The topological polar surface area (TPSA) is 0 Å². The smallest absolute Gasteiger partial charge is 0.00886 e. The highest BCUT2D eigenvalue weighted by Gasteiger charge is 1.90. The molecule has 0 aliphatic heterocycles. The van der Waals surface area contributed by atoms with Crippen LogP contribution in [0.15, 0.2) is 0 Å². The molecule has 111 valence electrons. The summed E-state index contributed by atoms with van der Waals surface area (Å²) in [5.41, 5.74) is 0. The van der Waals surface area contributed by atoms with Crippen molar-refractivity contribution < 1.29 is 0 Å². The number of hydrogen-bond acceptors (Lipinski definition) is 0. The van der Waals surface area contributed by atoms with Crippen molar-refractivity contribution in [3.63, 3.8) is 0 Å². The molecule has 0 amide bonds. The zero-order chi connectivity index (χ0) is 14.0. The van der Waals surface area contributed by atoms with Crippen LogP contribution < -0.4 is 0 Å². The second-order valence-corrected chi connectivity index (χ2v) is 5.52. The molecular formula is C19H35. The third-order valence-electron chi connectivity index (χ3n) is 3.53. The van der Waals surface area contributed by atoms with Crippen LogP contribution in [-0.4, -0.2) is 0 Å². The summed E-state index contributed by atoms with van der Waals surface area (Å²) in [4.78, 5) is 0. The standard InChI is InChI=1S/C19H35/c1-3-5-7-9-11-13-15-17-19-18-16-14-12-10-8-6-4-2/h5H,3-4,6-17H2,1-2H3. The lowest BCUT2D eigenvalue weighted by atomic mass is 10.1. The van der Waals surface area contributed by atoms with Crippen molar-refractivity contribution in [2.75, 3.05) is 0 Å². The van der Waals surface area contributed by atoms with Crippen molar-refractivity contribution in [2.24, 2.45) is 0 Å². The molecular weight excluding hydrogens is 228 g/mol. The Hall–Kier alpha value is -0.440. The van der Waals surface area contributed by atoms with Gasteiger partial charge in [-0.15, -0.1) is 11.8 Å². The van der Waals surface area contributed by atoms with Gasteiger partial charge in [0.15, 0.2) is 0 Å². The van der Waals surface area contributed by atoms with E-state index in [0.717, 1.165) is 12.8 Å². The third-order valence-corrected chi connectivity index (χ3v) is 3.53. The molecule has 0 fully saturated rings. The maximum atomic E-state index is 3.33. The highest BCUT2D eigenvalue weighted by Crippen LogP contribution is 2.08. The Labute approximate surface area is 122 Å². The fraction of sp³-hybridized carbons (Fsp3) is 0.842. The first-order valence-electron chi connectivity index (χ1n) is 8.69. The van der Waals surface area contributed by atoms with Gasteiger partial charge in [0.2, 0.25) is 0 Å². The summed E-state index contributed by atoms with van der Waals surface area (Å²) in [7, 11) is 0. The van der Waals surface area contributed by atoms with Crippen LogP contribution in [0.2, 0.25) is 0 Å². The summed E-state index contributed by atoms with van der Waals surface area (Å²) < 4.78 is 0. The Morgan fingerprint density at radius 3 is 1.74 bits per heavy atom. The minimum Gasteiger partial charge on any atom is -0.103 e. The normalized spacial score (nSPS) is 10.2. The van der Waals surface area contributed by atoms with Gasteiger partial charge in [-0.3, -0.25) is 0 Å². The number of rotatable bonds is 13. The first-order chi connectivity index (χ1) is 9.41. The fourth-order valence-corrected chi connectivity index (χ4v) is 2.23. The summed E-state index contributed by atoms with van der Waals surface area (Å²) in [6.45, 7) is 4.49.